The van der Waals surface area contributed by atoms with E-state index in [0.29, 0.717) is 5.41 Å². The lowest BCUT2D eigenvalue weighted by Gasteiger charge is -2.45. The van der Waals surface area contributed by atoms with Gasteiger partial charge in [-0.25, -0.2) is 0 Å². The molecule has 1 N–H and O–H groups in total. The SMILES string of the molecule is CCCC1CCCCN1CC1(CNC2CC2)CCOCC1. The zero-order valence-corrected chi connectivity index (χ0v) is 13.9. The second kappa shape index (κ2) is 7.43. The normalized spacial score (nSPS) is 30.4. The molecule has 122 valence electrons. The van der Waals surface area contributed by atoms with Gasteiger partial charge in [0.2, 0.25) is 0 Å². The van der Waals surface area contributed by atoms with Gasteiger partial charge < -0.3 is 10.1 Å². The minimum atomic E-state index is 0.476. The molecule has 21 heavy (non-hydrogen) atoms. The van der Waals surface area contributed by atoms with Crippen LogP contribution in [0.1, 0.15) is 64.7 Å². The van der Waals surface area contributed by atoms with Crippen molar-refractivity contribution in [1.82, 2.24) is 10.2 Å². The zero-order chi connectivity index (χ0) is 14.5. The highest BCUT2D eigenvalue weighted by molar-refractivity contribution is 4.93. The minimum Gasteiger partial charge on any atom is -0.381 e. The van der Waals surface area contributed by atoms with Crippen LogP contribution in [0.5, 0.6) is 0 Å². The van der Waals surface area contributed by atoms with Gasteiger partial charge in [-0.05, 0) is 56.9 Å². The fourth-order valence-corrected chi connectivity index (χ4v) is 4.20. The van der Waals surface area contributed by atoms with E-state index >= 15 is 0 Å². The van der Waals surface area contributed by atoms with Gasteiger partial charge in [0.1, 0.15) is 0 Å². The summed E-state index contributed by atoms with van der Waals surface area (Å²) in [6, 6.07) is 1.68. The highest BCUT2D eigenvalue weighted by Crippen LogP contribution is 2.35. The van der Waals surface area contributed by atoms with E-state index in [1.54, 1.807) is 0 Å². The Kier molecular flexibility index (Phi) is 5.58. The summed E-state index contributed by atoms with van der Waals surface area (Å²) >= 11 is 0. The molecule has 3 heteroatoms. The van der Waals surface area contributed by atoms with Crippen LogP contribution in [0, 0.1) is 5.41 Å². The number of nitrogens with one attached hydrogen (secondary N) is 1. The first-order chi connectivity index (χ1) is 10.3. The average Bonchev–Trinajstić information content (AvgIpc) is 3.33. The zero-order valence-electron chi connectivity index (χ0n) is 13.9. The summed E-state index contributed by atoms with van der Waals surface area (Å²) in [6.45, 7) is 8.14. The van der Waals surface area contributed by atoms with E-state index in [2.05, 4.69) is 17.1 Å². The van der Waals surface area contributed by atoms with Gasteiger partial charge in [0.25, 0.3) is 0 Å². The molecule has 2 saturated heterocycles. The molecule has 1 unspecified atom stereocenters. The summed E-state index contributed by atoms with van der Waals surface area (Å²) in [4.78, 5) is 2.84. The Morgan fingerprint density at radius 3 is 2.67 bits per heavy atom. The number of ether oxygens (including phenoxy) is 1. The fraction of sp³-hybridized carbons (Fsp3) is 1.00. The van der Waals surface area contributed by atoms with E-state index in [4.69, 9.17) is 4.74 Å². The highest BCUT2D eigenvalue weighted by Gasteiger charge is 2.37. The molecule has 3 nitrogen and oxygen atoms in total. The maximum absolute atomic E-state index is 5.66. The third kappa shape index (κ3) is 4.43. The first kappa shape index (κ1) is 15.8. The molecule has 1 saturated carbocycles. The molecular formula is C18H34N2O. The second-order valence-corrected chi connectivity index (χ2v) is 7.68. The molecule has 0 aromatic heterocycles. The molecule has 0 bridgehead atoms. The van der Waals surface area contributed by atoms with Gasteiger partial charge in [-0.1, -0.05) is 19.8 Å². The molecule has 0 aromatic rings. The second-order valence-electron chi connectivity index (χ2n) is 7.68. The van der Waals surface area contributed by atoms with Gasteiger partial charge in [-0.3, -0.25) is 4.90 Å². The van der Waals surface area contributed by atoms with Crippen molar-refractivity contribution < 1.29 is 4.74 Å². The molecule has 1 atom stereocenters. The number of nitrogens with zero attached hydrogens (tertiary/aromatic N) is 1. The van der Waals surface area contributed by atoms with E-state index in [1.807, 2.05) is 0 Å². The molecular weight excluding hydrogens is 260 g/mol. The van der Waals surface area contributed by atoms with E-state index in [1.165, 1.54) is 77.4 Å². The Hall–Kier alpha value is -0.120. The predicted octanol–water partition coefficient (Wildman–Crippen LogP) is 3.19. The molecule has 2 heterocycles. The van der Waals surface area contributed by atoms with E-state index in [0.717, 1.165) is 25.3 Å². The topological polar surface area (TPSA) is 24.5 Å². The van der Waals surface area contributed by atoms with Crippen molar-refractivity contribution in [2.75, 3.05) is 32.8 Å². The predicted molar refractivity (Wildman–Crippen MR) is 87.6 cm³/mol. The molecule has 0 radical (unpaired) electrons. The molecule has 3 aliphatic rings. The lowest BCUT2D eigenvalue weighted by molar-refractivity contribution is -0.0185. The Morgan fingerprint density at radius 1 is 1.14 bits per heavy atom. The first-order valence-corrected chi connectivity index (χ1v) is 9.36. The standard InChI is InChI=1S/C18H34N2O/c1-2-5-17-6-3-4-11-20(17)15-18(9-12-21-13-10-18)14-19-16-7-8-16/h16-17,19H,2-15H2,1H3. The summed E-state index contributed by atoms with van der Waals surface area (Å²) in [5.74, 6) is 0. The lowest BCUT2D eigenvalue weighted by atomic mass is 9.78. The van der Waals surface area contributed by atoms with Crippen LogP contribution >= 0.6 is 0 Å². The number of piperidine rings is 1. The maximum Gasteiger partial charge on any atom is 0.0472 e. The van der Waals surface area contributed by atoms with Gasteiger partial charge in [-0.2, -0.15) is 0 Å². The van der Waals surface area contributed by atoms with Gasteiger partial charge in [-0.15, -0.1) is 0 Å². The number of likely N-dealkylation sites (tertiary alicyclic amines) is 1. The van der Waals surface area contributed by atoms with Crippen LogP contribution in [0.2, 0.25) is 0 Å². The van der Waals surface area contributed by atoms with Crippen LogP contribution < -0.4 is 5.32 Å². The molecule has 3 rings (SSSR count). The molecule has 3 fully saturated rings. The van der Waals surface area contributed by atoms with Crippen molar-refractivity contribution in [2.24, 2.45) is 5.41 Å². The number of rotatable bonds is 7. The number of hydrogen-bond donors (Lipinski definition) is 1. The molecule has 1 aliphatic carbocycles. The maximum atomic E-state index is 5.66. The van der Waals surface area contributed by atoms with Crippen LogP contribution in [0.3, 0.4) is 0 Å². The van der Waals surface area contributed by atoms with Crippen LogP contribution in [0.15, 0.2) is 0 Å². The smallest absolute Gasteiger partial charge is 0.0472 e. The van der Waals surface area contributed by atoms with E-state index in [9.17, 15) is 0 Å². The van der Waals surface area contributed by atoms with Gasteiger partial charge in [0.05, 0.1) is 0 Å². The lowest BCUT2D eigenvalue weighted by Crippen LogP contribution is -2.51. The quantitative estimate of drug-likeness (QED) is 0.780. The van der Waals surface area contributed by atoms with Gasteiger partial charge in [0.15, 0.2) is 0 Å². The third-order valence-corrected chi connectivity index (χ3v) is 5.81. The van der Waals surface area contributed by atoms with Crippen LogP contribution in [-0.4, -0.2) is 49.8 Å². The van der Waals surface area contributed by atoms with Gasteiger partial charge >= 0.3 is 0 Å². The largest absolute Gasteiger partial charge is 0.381 e. The summed E-state index contributed by atoms with van der Waals surface area (Å²) in [6.07, 6.45) is 12.3. The van der Waals surface area contributed by atoms with E-state index < -0.39 is 0 Å². The Bertz CT molecular complexity index is 308. The van der Waals surface area contributed by atoms with Crippen molar-refractivity contribution in [3.05, 3.63) is 0 Å². The van der Waals surface area contributed by atoms with Crippen molar-refractivity contribution in [2.45, 2.75) is 76.8 Å². The van der Waals surface area contributed by atoms with E-state index in [-0.39, 0.29) is 0 Å². The van der Waals surface area contributed by atoms with Crippen LogP contribution in [0.25, 0.3) is 0 Å². The third-order valence-electron chi connectivity index (χ3n) is 5.81. The van der Waals surface area contributed by atoms with Crippen molar-refractivity contribution in [3.8, 4) is 0 Å². The fourth-order valence-electron chi connectivity index (χ4n) is 4.20. The summed E-state index contributed by atoms with van der Waals surface area (Å²) in [7, 11) is 0. The first-order valence-electron chi connectivity index (χ1n) is 9.36. The summed E-state index contributed by atoms with van der Waals surface area (Å²) < 4.78 is 5.66. The molecule has 0 aromatic carbocycles. The molecule has 0 amide bonds. The highest BCUT2D eigenvalue weighted by atomic mass is 16.5. The Morgan fingerprint density at radius 2 is 1.95 bits per heavy atom. The van der Waals surface area contributed by atoms with Crippen molar-refractivity contribution in [1.29, 1.82) is 0 Å². The molecule has 2 aliphatic heterocycles. The Balaban J connectivity index is 1.60. The van der Waals surface area contributed by atoms with Crippen LogP contribution in [0.4, 0.5) is 0 Å². The summed E-state index contributed by atoms with van der Waals surface area (Å²) in [5, 5.41) is 3.82. The van der Waals surface area contributed by atoms with Crippen molar-refractivity contribution >= 4 is 0 Å². The minimum absolute atomic E-state index is 0.476. The average molecular weight is 294 g/mol. The Labute approximate surface area is 130 Å². The van der Waals surface area contributed by atoms with Crippen molar-refractivity contribution in [3.63, 3.8) is 0 Å². The number of hydrogen-bond acceptors (Lipinski definition) is 3. The van der Waals surface area contributed by atoms with Gasteiger partial charge in [0, 0.05) is 38.4 Å². The monoisotopic (exact) mass is 294 g/mol. The molecule has 0 spiro atoms. The summed E-state index contributed by atoms with van der Waals surface area (Å²) in [5.41, 5.74) is 0.476. The van der Waals surface area contributed by atoms with Crippen LogP contribution in [-0.2, 0) is 4.74 Å².